The van der Waals surface area contributed by atoms with Gasteiger partial charge in [0.05, 0.1) is 29.1 Å². The number of carbonyl (C=O) groups is 1. The summed E-state index contributed by atoms with van der Waals surface area (Å²) in [6, 6.07) is 4.16. The molecule has 9 nitrogen and oxygen atoms in total. The van der Waals surface area contributed by atoms with E-state index in [2.05, 4.69) is 9.88 Å². The maximum atomic E-state index is 11.8. The molecule has 2 bridgehead atoms. The number of aromatic amines is 1. The quantitative estimate of drug-likeness (QED) is 0.293. The molecule has 2 saturated heterocycles. The van der Waals surface area contributed by atoms with E-state index >= 15 is 0 Å². The van der Waals surface area contributed by atoms with E-state index in [1.165, 1.54) is 0 Å². The van der Waals surface area contributed by atoms with E-state index in [9.17, 15) is 4.79 Å². The summed E-state index contributed by atoms with van der Waals surface area (Å²) in [6.45, 7) is 0. The molecule has 1 aromatic rings. The third-order valence-corrected chi connectivity index (χ3v) is 5.61. The summed E-state index contributed by atoms with van der Waals surface area (Å²) < 4.78 is 0. The maximum Gasteiger partial charge on any atom is 0.232 e. The first-order valence-electron chi connectivity index (χ1n) is 9.60. The summed E-state index contributed by atoms with van der Waals surface area (Å²) in [5, 5.41) is 23.4. The molecule has 1 amide bonds. The minimum atomic E-state index is -0.858. The Morgan fingerprint density at radius 3 is 2.46 bits per heavy atom. The second-order valence-electron chi connectivity index (χ2n) is 7.53. The Kier molecular flexibility index (Phi) is 5.91. The summed E-state index contributed by atoms with van der Waals surface area (Å²) in [7, 11) is 0. The van der Waals surface area contributed by atoms with Crippen LogP contribution in [0.2, 0.25) is 0 Å². The second kappa shape index (κ2) is 8.37. The fraction of sp³-hybridized carbons (Fsp3) is 0.526. The molecule has 0 saturated carbocycles. The predicted molar refractivity (Wildman–Crippen MR) is 109 cm³/mol. The Balaban J connectivity index is 1.78. The van der Waals surface area contributed by atoms with Crippen molar-refractivity contribution in [2.24, 2.45) is 22.4 Å². The van der Waals surface area contributed by atoms with Gasteiger partial charge in [0.2, 0.25) is 5.91 Å². The fourth-order valence-corrected chi connectivity index (χ4v) is 4.38. The lowest BCUT2D eigenvalue weighted by molar-refractivity contribution is -0.118. The van der Waals surface area contributed by atoms with E-state index in [0.29, 0.717) is 30.1 Å². The number of hydrogen-bond donors (Lipinski definition) is 6. The first-order valence-corrected chi connectivity index (χ1v) is 9.60. The van der Waals surface area contributed by atoms with Gasteiger partial charge in [0.25, 0.3) is 0 Å². The van der Waals surface area contributed by atoms with Crippen molar-refractivity contribution in [1.82, 2.24) is 9.88 Å². The zero-order valence-corrected chi connectivity index (χ0v) is 15.8. The molecule has 3 unspecified atom stereocenters. The monoisotopic (exact) mass is 384 g/mol. The van der Waals surface area contributed by atoms with Crippen molar-refractivity contribution in [1.29, 1.82) is 16.2 Å². The van der Waals surface area contributed by atoms with Crippen molar-refractivity contribution >= 4 is 29.5 Å². The van der Waals surface area contributed by atoms with Crippen LogP contribution in [0.25, 0.3) is 0 Å². The summed E-state index contributed by atoms with van der Waals surface area (Å²) in [4.78, 5) is 21.9. The van der Waals surface area contributed by atoms with E-state index in [1.807, 2.05) is 12.1 Å². The van der Waals surface area contributed by atoms with Gasteiger partial charge in [-0.1, -0.05) is 0 Å². The molecule has 150 valence electrons. The highest BCUT2D eigenvalue weighted by molar-refractivity contribution is 6.20. The Morgan fingerprint density at radius 2 is 1.96 bits per heavy atom. The van der Waals surface area contributed by atoms with Gasteiger partial charge in [0.1, 0.15) is 5.92 Å². The number of amidine groups is 2. The fourth-order valence-electron chi connectivity index (χ4n) is 4.38. The topological polar surface area (TPSA) is 172 Å². The molecule has 2 aliphatic rings. The number of H-pyrrole nitrogens is 1. The molecule has 0 spiro atoms. The van der Waals surface area contributed by atoms with Crippen LogP contribution in [-0.2, 0) is 4.79 Å². The van der Waals surface area contributed by atoms with Crippen LogP contribution in [0, 0.1) is 22.1 Å². The number of fused-ring (bicyclic) bond motifs is 2. The smallest absolute Gasteiger partial charge is 0.232 e. The molecule has 9 heteroatoms. The van der Waals surface area contributed by atoms with Gasteiger partial charge in [0.15, 0.2) is 0 Å². The van der Waals surface area contributed by atoms with E-state index in [4.69, 9.17) is 32.7 Å². The van der Waals surface area contributed by atoms with Gasteiger partial charge in [-0.25, -0.2) is 0 Å². The first-order chi connectivity index (χ1) is 13.4. The number of aromatic nitrogens is 1. The number of nitrogens with zero attached hydrogens (tertiary/aromatic N) is 2. The molecule has 2 fully saturated rings. The highest BCUT2D eigenvalue weighted by Gasteiger charge is 2.42. The van der Waals surface area contributed by atoms with Crippen molar-refractivity contribution in [3.8, 4) is 0 Å². The number of piperidine rings is 1. The lowest BCUT2D eigenvalue weighted by Gasteiger charge is -2.39. The van der Waals surface area contributed by atoms with Gasteiger partial charge in [0, 0.05) is 37.3 Å². The normalized spacial score (nSPS) is 25.4. The van der Waals surface area contributed by atoms with Crippen molar-refractivity contribution in [2.45, 2.75) is 56.7 Å². The molecule has 0 radical (unpaired) electrons. The SMILES string of the molecule is N=CC(C(N)=O)C(=NC1CC2CCC(C1)N2C(=N)CCC(=N)N)c1ccc[nH]1. The Morgan fingerprint density at radius 1 is 1.29 bits per heavy atom. The summed E-state index contributed by atoms with van der Waals surface area (Å²) in [5.41, 5.74) is 12.1. The highest BCUT2D eigenvalue weighted by Crippen LogP contribution is 2.38. The largest absolute Gasteiger partial charge is 0.388 e. The van der Waals surface area contributed by atoms with Gasteiger partial charge < -0.3 is 26.8 Å². The number of carbonyl (C=O) groups excluding carboxylic acids is 1. The van der Waals surface area contributed by atoms with Crippen molar-refractivity contribution in [2.75, 3.05) is 0 Å². The molecule has 0 aromatic carbocycles. The Bertz CT molecular complexity index is 770. The summed E-state index contributed by atoms with van der Waals surface area (Å²) in [6.07, 6.45) is 7.33. The van der Waals surface area contributed by atoms with Crippen molar-refractivity contribution in [3.05, 3.63) is 24.0 Å². The number of hydrogen-bond acceptors (Lipinski definition) is 5. The van der Waals surface area contributed by atoms with Crippen LogP contribution in [-0.4, -0.2) is 57.5 Å². The lowest BCUT2D eigenvalue weighted by atomic mass is 9.95. The van der Waals surface area contributed by atoms with Crippen LogP contribution in [0.1, 0.15) is 44.2 Å². The molecular formula is C19H28N8O. The zero-order chi connectivity index (χ0) is 20.3. The predicted octanol–water partition coefficient (Wildman–Crippen LogP) is 1.24. The van der Waals surface area contributed by atoms with Crippen molar-refractivity contribution in [3.63, 3.8) is 0 Å². The third kappa shape index (κ3) is 4.13. The van der Waals surface area contributed by atoms with E-state index in [-0.39, 0.29) is 24.0 Å². The molecule has 3 atom stereocenters. The maximum absolute atomic E-state index is 11.8. The molecule has 1 aromatic heterocycles. The van der Waals surface area contributed by atoms with Crippen LogP contribution in [0.3, 0.4) is 0 Å². The molecule has 3 rings (SSSR count). The van der Waals surface area contributed by atoms with Gasteiger partial charge >= 0.3 is 0 Å². The minimum absolute atomic E-state index is 0.0226. The van der Waals surface area contributed by atoms with Crippen LogP contribution >= 0.6 is 0 Å². The minimum Gasteiger partial charge on any atom is -0.388 e. The molecule has 8 N–H and O–H groups in total. The molecule has 0 aliphatic carbocycles. The Labute approximate surface area is 164 Å². The van der Waals surface area contributed by atoms with Crippen molar-refractivity contribution < 1.29 is 4.79 Å². The van der Waals surface area contributed by atoms with Crippen LogP contribution in [0.5, 0.6) is 0 Å². The molecule has 2 aliphatic heterocycles. The molecular weight excluding hydrogens is 356 g/mol. The van der Waals surface area contributed by atoms with Gasteiger partial charge in [-0.05, 0) is 37.8 Å². The number of aliphatic imine (C=N–C) groups is 1. The number of nitrogens with one attached hydrogen (secondary N) is 4. The average Bonchev–Trinajstić information content (AvgIpc) is 3.26. The van der Waals surface area contributed by atoms with E-state index in [1.54, 1.807) is 6.20 Å². The third-order valence-electron chi connectivity index (χ3n) is 5.61. The lowest BCUT2D eigenvalue weighted by Crippen LogP contribution is -2.48. The summed E-state index contributed by atoms with van der Waals surface area (Å²) in [5.74, 6) is -0.793. The zero-order valence-electron chi connectivity index (χ0n) is 15.8. The number of primary amides is 1. The van der Waals surface area contributed by atoms with Gasteiger partial charge in [-0.15, -0.1) is 0 Å². The van der Waals surface area contributed by atoms with E-state index in [0.717, 1.165) is 31.9 Å². The van der Waals surface area contributed by atoms with E-state index < -0.39 is 11.8 Å². The van der Waals surface area contributed by atoms with Gasteiger partial charge in [-0.3, -0.25) is 20.6 Å². The second-order valence-corrected chi connectivity index (χ2v) is 7.53. The summed E-state index contributed by atoms with van der Waals surface area (Å²) >= 11 is 0. The average molecular weight is 384 g/mol. The first kappa shape index (κ1) is 19.8. The van der Waals surface area contributed by atoms with Gasteiger partial charge in [-0.2, -0.15) is 0 Å². The van der Waals surface area contributed by atoms with Crippen LogP contribution in [0.15, 0.2) is 23.3 Å². The Hall–Kier alpha value is -2.97. The highest BCUT2D eigenvalue weighted by atomic mass is 16.1. The van der Waals surface area contributed by atoms with Crippen LogP contribution < -0.4 is 11.5 Å². The molecule has 3 heterocycles. The standard InChI is InChI=1S/C19H28N8O/c20-10-14(19(24)28)18(15-2-1-7-25-15)26-11-8-12-3-4-13(9-11)27(12)17(23)6-5-16(21)22/h1-2,7,10-14,20,23,25H,3-6,8-9H2,(H3,21,22)(H2,24,28). The number of nitrogens with two attached hydrogens (primary N) is 2. The number of amides is 1. The molecule has 28 heavy (non-hydrogen) atoms. The number of rotatable bonds is 8. The van der Waals surface area contributed by atoms with Crippen LogP contribution in [0.4, 0.5) is 0 Å².